The van der Waals surface area contributed by atoms with Gasteiger partial charge in [0, 0.05) is 12.4 Å². The van der Waals surface area contributed by atoms with Crippen molar-refractivity contribution in [2.24, 2.45) is 7.05 Å². The van der Waals surface area contributed by atoms with Gasteiger partial charge in [0.25, 0.3) is 0 Å². The molecule has 2 rings (SSSR count). The summed E-state index contributed by atoms with van der Waals surface area (Å²) in [6.45, 7) is 2.16. The molecule has 0 aliphatic rings. The van der Waals surface area contributed by atoms with E-state index in [9.17, 15) is 4.79 Å². The Morgan fingerprint density at radius 2 is 2.43 bits per heavy atom. The van der Waals surface area contributed by atoms with Crippen LogP contribution in [0.15, 0.2) is 22.8 Å². The van der Waals surface area contributed by atoms with Gasteiger partial charge in [-0.3, -0.25) is 0 Å². The van der Waals surface area contributed by atoms with Crippen molar-refractivity contribution >= 4 is 17.1 Å². The van der Waals surface area contributed by atoms with Crippen LogP contribution in [0.1, 0.15) is 17.4 Å². The Kier molecular flexibility index (Phi) is 2.04. The number of rotatable bonds is 2. The van der Waals surface area contributed by atoms with Crippen LogP contribution in [0.25, 0.3) is 11.1 Å². The highest BCUT2D eigenvalue weighted by atomic mass is 16.5. The summed E-state index contributed by atoms with van der Waals surface area (Å²) in [4.78, 5) is 11.4. The van der Waals surface area contributed by atoms with Gasteiger partial charge in [0.05, 0.1) is 12.9 Å². The monoisotopic (exact) mass is 193 g/mol. The normalized spacial score (nSPS) is 10.7. The van der Waals surface area contributed by atoms with E-state index in [-0.39, 0.29) is 5.97 Å². The van der Waals surface area contributed by atoms with E-state index in [1.807, 2.05) is 6.07 Å². The Morgan fingerprint density at radius 3 is 3.07 bits per heavy atom. The molecule has 2 heterocycles. The summed E-state index contributed by atoms with van der Waals surface area (Å²) < 4.78 is 11.8. The average molecular weight is 193 g/mol. The third-order valence-electron chi connectivity index (χ3n) is 2.12. The van der Waals surface area contributed by atoms with Gasteiger partial charge in [-0.15, -0.1) is 0 Å². The minimum atomic E-state index is -0.318. The number of aromatic nitrogens is 1. The highest BCUT2D eigenvalue weighted by molar-refractivity contribution is 5.94. The predicted octanol–water partition coefficient (Wildman–Crippen LogP) is 1.95. The van der Waals surface area contributed by atoms with Gasteiger partial charge in [0.2, 0.25) is 5.71 Å². The van der Waals surface area contributed by atoms with Crippen molar-refractivity contribution < 1.29 is 13.9 Å². The number of hydrogen-bond donors (Lipinski definition) is 0. The number of furan rings is 1. The second-order valence-electron chi connectivity index (χ2n) is 2.99. The summed E-state index contributed by atoms with van der Waals surface area (Å²) in [5.74, 6) is -0.318. The fourth-order valence-corrected chi connectivity index (χ4v) is 1.45. The summed E-state index contributed by atoms with van der Waals surface area (Å²) >= 11 is 0. The van der Waals surface area contributed by atoms with Crippen LogP contribution >= 0.6 is 0 Å². The topological polar surface area (TPSA) is 44.4 Å². The van der Waals surface area contributed by atoms with Gasteiger partial charge in [-0.1, -0.05) is 0 Å². The smallest absolute Gasteiger partial charge is 0.355 e. The van der Waals surface area contributed by atoms with E-state index in [0.717, 1.165) is 5.39 Å². The first-order chi connectivity index (χ1) is 6.74. The first-order valence-corrected chi connectivity index (χ1v) is 4.44. The Bertz CT molecular complexity index is 467. The van der Waals surface area contributed by atoms with Gasteiger partial charge >= 0.3 is 5.97 Å². The van der Waals surface area contributed by atoms with Crippen LogP contribution in [0, 0.1) is 0 Å². The minimum absolute atomic E-state index is 0.318. The van der Waals surface area contributed by atoms with Crippen molar-refractivity contribution in [2.45, 2.75) is 6.92 Å². The van der Waals surface area contributed by atoms with Gasteiger partial charge in [0.15, 0.2) is 0 Å². The average Bonchev–Trinajstić information content (AvgIpc) is 2.69. The third-order valence-corrected chi connectivity index (χ3v) is 2.12. The summed E-state index contributed by atoms with van der Waals surface area (Å²) in [7, 11) is 1.78. The molecule has 74 valence electrons. The first-order valence-electron chi connectivity index (χ1n) is 4.44. The quantitative estimate of drug-likeness (QED) is 0.684. The van der Waals surface area contributed by atoms with Crippen LogP contribution in [0.4, 0.5) is 0 Å². The van der Waals surface area contributed by atoms with Gasteiger partial charge in [-0.05, 0) is 19.1 Å². The molecule has 0 atom stereocenters. The van der Waals surface area contributed by atoms with Crippen molar-refractivity contribution in [3.05, 3.63) is 24.1 Å². The van der Waals surface area contributed by atoms with Crippen LogP contribution in [0.3, 0.4) is 0 Å². The molecule has 0 aliphatic heterocycles. The lowest BCUT2D eigenvalue weighted by molar-refractivity contribution is 0.0515. The maximum Gasteiger partial charge on any atom is 0.355 e. The van der Waals surface area contributed by atoms with E-state index in [1.54, 1.807) is 30.9 Å². The number of nitrogens with zero attached hydrogens (tertiary/aromatic N) is 1. The highest BCUT2D eigenvalue weighted by Gasteiger charge is 2.15. The molecular weight excluding hydrogens is 182 g/mol. The molecule has 0 aromatic carbocycles. The molecule has 14 heavy (non-hydrogen) atoms. The van der Waals surface area contributed by atoms with Gasteiger partial charge < -0.3 is 13.7 Å². The summed E-state index contributed by atoms with van der Waals surface area (Å²) in [6.07, 6.45) is 1.60. The molecule has 2 aromatic rings. The van der Waals surface area contributed by atoms with E-state index in [1.165, 1.54) is 0 Å². The number of hydrogen-bond acceptors (Lipinski definition) is 3. The van der Waals surface area contributed by atoms with E-state index in [4.69, 9.17) is 9.15 Å². The van der Waals surface area contributed by atoms with Crippen molar-refractivity contribution in [3.63, 3.8) is 0 Å². The van der Waals surface area contributed by atoms with Crippen LogP contribution < -0.4 is 0 Å². The van der Waals surface area contributed by atoms with E-state index in [2.05, 4.69) is 0 Å². The zero-order valence-corrected chi connectivity index (χ0v) is 8.11. The van der Waals surface area contributed by atoms with E-state index >= 15 is 0 Å². The Hall–Kier alpha value is -1.71. The number of carbonyl (C=O) groups excluding carboxylic acids is 1. The van der Waals surface area contributed by atoms with Crippen molar-refractivity contribution in [2.75, 3.05) is 6.61 Å². The lowest BCUT2D eigenvalue weighted by Crippen LogP contribution is -2.09. The molecule has 0 radical (unpaired) electrons. The van der Waals surface area contributed by atoms with Crippen LogP contribution in [-0.4, -0.2) is 17.1 Å². The fraction of sp³-hybridized carbons (Fsp3) is 0.300. The molecule has 0 unspecified atom stereocenters. The van der Waals surface area contributed by atoms with Crippen molar-refractivity contribution in [1.82, 2.24) is 4.57 Å². The standard InChI is InChI=1S/C10H11NO3/c1-3-13-10(12)8-6-7-4-5-14-9(7)11(8)2/h4-6H,3H2,1-2H3. The molecule has 0 saturated heterocycles. The molecule has 0 fully saturated rings. The molecule has 2 aromatic heterocycles. The lowest BCUT2D eigenvalue weighted by atomic mass is 10.3. The summed E-state index contributed by atoms with van der Waals surface area (Å²) in [6, 6.07) is 3.58. The lowest BCUT2D eigenvalue weighted by Gasteiger charge is -2.01. The summed E-state index contributed by atoms with van der Waals surface area (Å²) in [5, 5.41) is 0.913. The maximum absolute atomic E-state index is 11.4. The fourth-order valence-electron chi connectivity index (χ4n) is 1.45. The van der Waals surface area contributed by atoms with E-state index < -0.39 is 0 Å². The summed E-state index contributed by atoms with van der Waals surface area (Å²) in [5.41, 5.74) is 1.20. The molecule has 0 bridgehead atoms. The second-order valence-corrected chi connectivity index (χ2v) is 2.99. The van der Waals surface area contributed by atoms with Crippen molar-refractivity contribution in [3.8, 4) is 0 Å². The molecule has 0 N–H and O–H groups in total. The maximum atomic E-state index is 11.4. The molecular formula is C10H11NO3. The van der Waals surface area contributed by atoms with Gasteiger partial charge in [0.1, 0.15) is 5.69 Å². The van der Waals surface area contributed by atoms with Crippen LogP contribution in [0.2, 0.25) is 0 Å². The van der Waals surface area contributed by atoms with Crippen molar-refractivity contribution in [1.29, 1.82) is 0 Å². The molecule has 0 saturated carbocycles. The molecule has 4 heteroatoms. The third kappa shape index (κ3) is 1.19. The Balaban J connectivity index is 2.47. The van der Waals surface area contributed by atoms with Crippen LogP contribution in [0.5, 0.6) is 0 Å². The van der Waals surface area contributed by atoms with Gasteiger partial charge in [-0.25, -0.2) is 4.79 Å². The largest absolute Gasteiger partial charge is 0.461 e. The second kappa shape index (κ2) is 3.21. The first kappa shape index (κ1) is 8.87. The molecule has 0 aliphatic carbocycles. The zero-order chi connectivity index (χ0) is 10.1. The van der Waals surface area contributed by atoms with Crippen LogP contribution in [-0.2, 0) is 11.8 Å². The molecule has 4 nitrogen and oxygen atoms in total. The Morgan fingerprint density at radius 1 is 1.64 bits per heavy atom. The molecule has 0 spiro atoms. The number of aryl methyl sites for hydroxylation is 1. The minimum Gasteiger partial charge on any atom is -0.461 e. The van der Waals surface area contributed by atoms with E-state index in [0.29, 0.717) is 18.0 Å². The number of carbonyl (C=O) groups is 1. The zero-order valence-electron chi connectivity index (χ0n) is 8.11. The SMILES string of the molecule is CCOC(=O)c1cc2ccoc2n1C. The highest BCUT2D eigenvalue weighted by Crippen LogP contribution is 2.19. The Labute approximate surface area is 81.1 Å². The number of esters is 1. The number of ether oxygens (including phenoxy) is 1. The predicted molar refractivity (Wildman–Crippen MR) is 51.1 cm³/mol. The number of fused-ring (bicyclic) bond motifs is 1. The molecule has 0 amide bonds. The van der Waals surface area contributed by atoms with Gasteiger partial charge in [-0.2, -0.15) is 0 Å².